The lowest BCUT2D eigenvalue weighted by molar-refractivity contribution is 0.141. The van der Waals surface area contributed by atoms with E-state index in [1.165, 1.54) is 18.5 Å². The minimum absolute atomic E-state index is 0.271. The fraction of sp³-hybridized carbons (Fsp3) is 0.571. The van der Waals surface area contributed by atoms with Crippen molar-refractivity contribution in [3.8, 4) is 0 Å². The first-order valence-corrected chi connectivity index (χ1v) is 6.51. The fourth-order valence-electron chi connectivity index (χ4n) is 2.36. The zero-order valence-corrected chi connectivity index (χ0v) is 10.5. The maximum absolute atomic E-state index is 9.73. The minimum atomic E-state index is -0.451. The van der Waals surface area contributed by atoms with E-state index in [1.54, 1.807) is 0 Å². The van der Waals surface area contributed by atoms with Gasteiger partial charge in [0.05, 0.1) is 12.1 Å². The van der Waals surface area contributed by atoms with Gasteiger partial charge in [-0.2, -0.15) is 0 Å². The van der Waals surface area contributed by atoms with E-state index in [2.05, 4.69) is 17.0 Å². The average Bonchev–Trinajstić information content (AvgIpc) is 2.91. The summed E-state index contributed by atoms with van der Waals surface area (Å²) in [6.07, 6.45) is 2.81. The number of anilines is 1. The summed E-state index contributed by atoms with van der Waals surface area (Å²) in [6, 6.07) is 8.04. The van der Waals surface area contributed by atoms with Crippen LogP contribution in [0, 0.1) is 0 Å². The van der Waals surface area contributed by atoms with Crippen LogP contribution in [0.4, 0.5) is 5.69 Å². The number of hydrogen-bond donors (Lipinski definition) is 2. The van der Waals surface area contributed by atoms with Crippen molar-refractivity contribution in [3.05, 3.63) is 29.8 Å². The van der Waals surface area contributed by atoms with Crippen LogP contribution in [0.2, 0.25) is 0 Å². The third-order valence-electron chi connectivity index (χ3n) is 3.58. The Hall–Kier alpha value is -1.06. The first-order chi connectivity index (χ1) is 8.22. The summed E-state index contributed by atoms with van der Waals surface area (Å²) >= 11 is 0. The lowest BCUT2D eigenvalue weighted by Crippen LogP contribution is -2.25. The van der Waals surface area contributed by atoms with Crippen LogP contribution in [-0.2, 0) is 0 Å². The molecule has 94 valence electrons. The molecule has 0 unspecified atom stereocenters. The fourth-order valence-corrected chi connectivity index (χ4v) is 2.36. The normalized spacial score (nSPS) is 19.4. The van der Waals surface area contributed by atoms with E-state index in [4.69, 9.17) is 5.73 Å². The molecule has 3 heteroatoms. The van der Waals surface area contributed by atoms with E-state index in [1.807, 2.05) is 19.1 Å². The Bertz CT molecular complexity index is 344. The molecular formula is C14H22N2O. The molecule has 0 radical (unpaired) electrons. The lowest BCUT2D eigenvalue weighted by Gasteiger charge is -2.21. The van der Waals surface area contributed by atoms with Gasteiger partial charge >= 0.3 is 0 Å². The Morgan fingerprint density at radius 2 is 1.82 bits per heavy atom. The quantitative estimate of drug-likeness (QED) is 0.838. The van der Waals surface area contributed by atoms with Gasteiger partial charge in [-0.15, -0.1) is 0 Å². The standard InChI is InChI=1S/C14H22N2O/c1-2-13(17)14(15)11-5-7-12(8-6-11)16-9-3-4-10-16/h5-8,13-14,17H,2-4,9-10,15H2,1H3/t13-,14+/m1/s1. The van der Waals surface area contributed by atoms with Crippen LogP contribution in [0.3, 0.4) is 0 Å². The van der Waals surface area contributed by atoms with Crippen molar-refractivity contribution in [2.24, 2.45) is 5.73 Å². The summed E-state index contributed by atoms with van der Waals surface area (Å²) in [5.74, 6) is 0. The monoisotopic (exact) mass is 234 g/mol. The molecule has 0 amide bonds. The van der Waals surface area contributed by atoms with Crippen molar-refractivity contribution in [1.82, 2.24) is 0 Å². The molecule has 2 rings (SSSR count). The van der Waals surface area contributed by atoms with Gasteiger partial charge in [-0.05, 0) is 37.0 Å². The Labute approximate surface area is 103 Å². The molecule has 17 heavy (non-hydrogen) atoms. The van der Waals surface area contributed by atoms with E-state index < -0.39 is 6.10 Å². The Balaban J connectivity index is 2.06. The molecule has 1 aliphatic rings. The van der Waals surface area contributed by atoms with Gasteiger partial charge in [0.25, 0.3) is 0 Å². The molecule has 3 nitrogen and oxygen atoms in total. The molecular weight excluding hydrogens is 212 g/mol. The summed E-state index contributed by atoms with van der Waals surface area (Å²) in [5.41, 5.74) is 8.27. The molecule has 1 fully saturated rings. The molecule has 1 heterocycles. The van der Waals surface area contributed by atoms with Gasteiger partial charge in [0.15, 0.2) is 0 Å². The van der Waals surface area contributed by atoms with Crippen LogP contribution in [0.5, 0.6) is 0 Å². The number of rotatable bonds is 4. The molecule has 0 bridgehead atoms. The number of hydrogen-bond acceptors (Lipinski definition) is 3. The predicted molar refractivity (Wildman–Crippen MR) is 71.1 cm³/mol. The van der Waals surface area contributed by atoms with Gasteiger partial charge in [-0.25, -0.2) is 0 Å². The van der Waals surface area contributed by atoms with Crippen molar-refractivity contribution in [2.75, 3.05) is 18.0 Å². The maximum atomic E-state index is 9.73. The van der Waals surface area contributed by atoms with Gasteiger partial charge in [-0.1, -0.05) is 19.1 Å². The van der Waals surface area contributed by atoms with Crippen molar-refractivity contribution >= 4 is 5.69 Å². The minimum Gasteiger partial charge on any atom is -0.391 e. The summed E-state index contributed by atoms with van der Waals surface area (Å²) in [7, 11) is 0. The molecule has 0 spiro atoms. The molecule has 1 aromatic rings. The zero-order valence-electron chi connectivity index (χ0n) is 10.5. The summed E-state index contributed by atoms with van der Waals surface area (Å²) in [5, 5.41) is 9.73. The molecule has 3 N–H and O–H groups in total. The van der Waals surface area contributed by atoms with E-state index in [0.717, 1.165) is 18.7 Å². The van der Waals surface area contributed by atoms with Crippen molar-refractivity contribution in [1.29, 1.82) is 0 Å². The molecule has 1 aromatic carbocycles. The van der Waals surface area contributed by atoms with Crippen LogP contribution >= 0.6 is 0 Å². The van der Waals surface area contributed by atoms with E-state index in [9.17, 15) is 5.11 Å². The molecule has 0 aliphatic carbocycles. The van der Waals surface area contributed by atoms with E-state index >= 15 is 0 Å². The maximum Gasteiger partial charge on any atom is 0.0730 e. The summed E-state index contributed by atoms with van der Waals surface area (Å²) in [6.45, 7) is 4.26. The van der Waals surface area contributed by atoms with Gasteiger partial charge in [0, 0.05) is 18.8 Å². The summed E-state index contributed by atoms with van der Waals surface area (Å²) < 4.78 is 0. The Kier molecular flexibility index (Phi) is 4.02. The smallest absolute Gasteiger partial charge is 0.0730 e. The highest BCUT2D eigenvalue weighted by atomic mass is 16.3. The molecule has 0 aromatic heterocycles. The average molecular weight is 234 g/mol. The number of benzene rings is 1. The van der Waals surface area contributed by atoms with Crippen LogP contribution in [0.1, 0.15) is 37.8 Å². The van der Waals surface area contributed by atoms with Crippen LogP contribution < -0.4 is 10.6 Å². The highest BCUT2D eigenvalue weighted by molar-refractivity contribution is 5.48. The second-order valence-corrected chi connectivity index (χ2v) is 4.79. The van der Waals surface area contributed by atoms with Gasteiger partial charge in [0.1, 0.15) is 0 Å². The topological polar surface area (TPSA) is 49.5 Å². The molecule has 1 aliphatic heterocycles. The van der Waals surface area contributed by atoms with E-state index in [-0.39, 0.29) is 6.04 Å². The van der Waals surface area contributed by atoms with Crippen LogP contribution in [0.25, 0.3) is 0 Å². The first-order valence-electron chi connectivity index (χ1n) is 6.51. The summed E-state index contributed by atoms with van der Waals surface area (Å²) in [4.78, 5) is 2.39. The lowest BCUT2D eigenvalue weighted by atomic mass is 10.0. The SMILES string of the molecule is CC[C@@H](O)[C@@H](N)c1ccc(N2CCCC2)cc1. The first kappa shape index (κ1) is 12.4. The predicted octanol–water partition coefficient (Wildman–Crippen LogP) is 2.06. The van der Waals surface area contributed by atoms with Crippen LogP contribution in [-0.4, -0.2) is 24.3 Å². The van der Waals surface area contributed by atoms with Crippen molar-refractivity contribution < 1.29 is 5.11 Å². The number of nitrogens with two attached hydrogens (primary N) is 1. The largest absolute Gasteiger partial charge is 0.391 e. The highest BCUT2D eigenvalue weighted by Gasteiger charge is 2.16. The second-order valence-electron chi connectivity index (χ2n) is 4.79. The third kappa shape index (κ3) is 2.79. The zero-order chi connectivity index (χ0) is 12.3. The second kappa shape index (κ2) is 5.52. The number of nitrogens with zero attached hydrogens (tertiary/aromatic N) is 1. The van der Waals surface area contributed by atoms with Gasteiger partial charge in [-0.3, -0.25) is 0 Å². The Morgan fingerprint density at radius 3 is 2.35 bits per heavy atom. The third-order valence-corrected chi connectivity index (χ3v) is 3.58. The molecule has 2 atom stereocenters. The highest BCUT2D eigenvalue weighted by Crippen LogP contribution is 2.23. The molecule has 0 saturated carbocycles. The van der Waals surface area contributed by atoms with Gasteiger partial charge in [0.2, 0.25) is 0 Å². The van der Waals surface area contributed by atoms with Crippen molar-refractivity contribution in [2.45, 2.75) is 38.3 Å². The molecule has 1 saturated heterocycles. The number of aliphatic hydroxyl groups is 1. The van der Waals surface area contributed by atoms with Crippen molar-refractivity contribution in [3.63, 3.8) is 0 Å². The number of aliphatic hydroxyl groups excluding tert-OH is 1. The van der Waals surface area contributed by atoms with Crippen LogP contribution in [0.15, 0.2) is 24.3 Å². The van der Waals surface area contributed by atoms with E-state index in [0.29, 0.717) is 6.42 Å². The Morgan fingerprint density at radius 1 is 1.24 bits per heavy atom. The van der Waals surface area contributed by atoms with Gasteiger partial charge < -0.3 is 15.7 Å².